The number of halogens is 2. The smallest absolute Gasteiger partial charge is 0.224 e. The lowest BCUT2D eigenvalue weighted by atomic mass is 10.1. The molecule has 5 nitrogen and oxygen atoms in total. The zero-order chi connectivity index (χ0) is 18.4. The van der Waals surface area contributed by atoms with Gasteiger partial charge in [0.25, 0.3) is 0 Å². The molecule has 1 atom stereocenters. The van der Waals surface area contributed by atoms with E-state index in [0.717, 1.165) is 5.56 Å². The predicted molar refractivity (Wildman–Crippen MR) is 94.7 cm³/mol. The van der Waals surface area contributed by atoms with E-state index in [0.29, 0.717) is 5.69 Å². The van der Waals surface area contributed by atoms with E-state index in [9.17, 15) is 14.0 Å². The molecule has 7 heteroatoms. The van der Waals surface area contributed by atoms with E-state index in [1.165, 1.54) is 18.2 Å². The van der Waals surface area contributed by atoms with Gasteiger partial charge in [-0.3, -0.25) is 14.6 Å². The second-order valence-corrected chi connectivity index (χ2v) is 6.05. The first-order chi connectivity index (χ1) is 11.9. The average molecular weight is 364 g/mol. The molecule has 2 rings (SSSR count). The molecule has 25 heavy (non-hydrogen) atoms. The van der Waals surface area contributed by atoms with Gasteiger partial charge in [-0.1, -0.05) is 17.7 Å². The first kappa shape index (κ1) is 18.9. The fourth-order valence-corrected chi connectivity index (χ4v) is 2.44. The molecule has 1 unspecified atom stereocenters. The van der Waals surface area contributed by atoms with Crippen molar-refractivity contribution >= 4 is 29.1 Å². The van der Waals surface area contributed by atoms with Crippen LogP contribution < -0.4 is 5.32 Å². The Hall–Kier alpha value is -2.47. The number of benzene rings is 1. The molecule has 1 N–H and O–H groups in total. The molecule has 1 aromatic heterocycles. The molecule has 0 saturated carbocycles. The van der Waals surface area contributed by atoms with Crippen LogP contribution in [0.25, 0.3) is 0 Å². The molecule has 2 aromatic rings. The number of rotatable bonds is 6. The average Bonchev–Trinajstić information content (AvgIpc) is 2.62. The van der Waals surface area contributed by atoms with Crippen molar-refractivity contribution < 1.29 is 14.0 Å². The number of aromatic nitrogens is 1. The predicted octanol–water partition coefficient (Wildman–Crippen LogP) is 3.81. The molecular formula is C18H19ClFN3O2. The number of hydrogen-bond donors (Lipinski definition) is 1. The van der Waals surface area contributed by atoms with Gasteiger partial charge < -0.3 is 10.2 Å². The number of nitrogens with one attached hydrogen (secondary N) is 1. The third kappa shape index (κ3) is 5.26. The molecule has 1 heterocycles. The number of nitrogens with zero attached hydrogens (tertiary/aromatic N) is 2. The highest BCUT2D eigenvalue weighted by Crippen LogP contribution is 2.20. The van der Waals surface area contributed by atoms with Gasteiger partial charge in [0.2, 0.25) is 11.8 Å². The molecule has 132 valence electrons. The zero-order valence-electron chi connectivity index (χ0n) is 14.0. The van der Waals surface area contributed by atoms with Crippen molar-refractivity contribution in [3.63, 3.8) is 0 Å². The van der Waals surface area contributed by atoms with E-state index in [2.05, 4.69) is 10.3 Å². The van der Waals surface area contributed by atoms with Crippen LogP contribution in [0.15, 0.2) is 42.7 Å². The van der Waals surface area contributed by atoms with Crippen LogP contribution in [0.4, 0.5) is 10.1 Å². The summed E-state index contributed by atoms with van der Waals surface area (Å²) in [5, 5.41) is 2.52. The van der Waals surface area contributed by atoms with Crippen molar-refractivity contribution in [2.45, 2.75) is 25.8 Å². The van der Waals surface area contributed by atoms with E-state index in [4.69, 9.17) is 11.6 Å². The Bertz CT molecular complexity index is 755. The SMILES string of the molecule is CC(c1cccnc1)N(C)C(=O)CCC(=O)Nc1ccc(F)c(Cl)c1. The second kappa shape index (κ2) is 8.58. The summed E-state index contributed by atoms with van der Waals surface area (Å²) in [5.41, 5.74) is 1.31. The van der Waals surface area contributed by atoms with Crippen molar-refractivity contribution in [1.82, 2.24) is 9.88 Å². The number of anilines is 1. The van der Waals surface area contributed by atoms with Gasteiger partial charge in [-0.15, -0.1) is 0 Å². The summed E-state index contributed by atoms with van der Waals surface area (Å²) in [6.07, 6.45) is 3.48. The molecule has 0 spiro atoms. The van der Waals surface area contributed by atoms with Crippen molar-refractivity contribution in [2.75, 3.05) is 12.4 Å². The van der Waals surface area contributed by atoms with E-state index >= 15 is 0 Å². The maximum atomic E-state index is 13.1. The van der Waals surface area contributed by atoms with Gasteiger partial charge in [0.15, 0.2) is 0 Å². The quantitative estimate of drug-likeness (QED) is 0.848. The topological polar surface area (TPSA) is 62.3 Å². The summed E-state index contributed by atoms with van der Waals surface area (Å²) >= 11 is 5.67. The number of pyridine rings is 1. The Kier molecular flexibility index (Phi) is 6.47. The minimum atomic E-state index is -0.555. The largest absolute Gasteiger partial charge is 0.339 e. The number of amides is 2. The third-order valence-electron chi connectivity index (χ3n) is 3.91. The van der Waals surface area contributed by atoms with Gasteiger partial charge in [-0.25, -0.2) is 4.39 Å². The molecule has 0 aliphatic heterocycles. The van der Waals surface area contributed by atoms with Crippen molar-refractivity contribution in [3.05, 3.63) is 59.1 Å². The molecule has 0 radical (unpaired) electrons. The first-order valence-corrected chi connectivity index (χ1v) is 8.16. The van der Waals surface area contributed by atoms with Gasteiger partial charge in [-0.2, -0.15) is 0 Å². The maximum Gasteiger partial charge on any atom is 0.224 e. The van der Waals surface area contributed by atoms with Gasteiger partial charge in [-0.05, 0) is 36.8 Å². The zero-order valence-corrected chi connectivity index (χ0v) is 14.8. The number of hydrogen-bond acceptors (Lipinski definition) is 3. The molecule has 0 saturated heterocycles. The first-order valence-electron chi connectivity index (χ1n) is 7.79. The summed E-state index contributed by atoms with van der Waals surface area (Å²) in [5.74, 6) is -1.04. The molecular weight excluding hydrogens is 345 g/mol. The Morgan fingerprint density at radius 3 is 2.72 bits per heavy atom. The molecule has 0 aliphatic carbocycles. The van der Waals surface area contributed by atoms with Gasteiger partial charge in [0.05, 0.1) is 11.1 Å². The molecule has 0 aliphatic rings. The highest BCUT2D eigenvalue weighted by Gasteiger charge is 2.18. The summed E-state index contributed by atoms with van der Waals surface area (Å²) in [6.45, 7) is 1.90. The third-order valence-corrected chi connectivity index (χ3v) is 4.20. The highest BCUT2D eigenvalue weighted by atomic mass is 35.5. The molecule has 0 bridgehead atoms. The van der Waals surface area contributed by atoms with Crippen LogP contribution in [0.5, 0.6) is 0 Å². The van der Waals surface area contributed by atoms with E-state index in [1.54, 1.807) is 24.3 Å². The van der Waals surface area contributed by atoms with Crippen molar-refractivity contribution in [2.24, 2.45) is 0 Å². The van der Waals surface area contributed by atoms with E-state index < -0.39 is 5.82 Å². The summed E-state index contributed by atoms with van der Waals surface area (Å²) in [4.78, 5) is 29.8. The van der Waals surface area contributed by atoms with Gasteiger partial charge in [0.1, 0.15) is 5.82 Å². The summed E-state index contributed by atoms with van der Waals surface area (Å²) in [7, 11) is 1.69. The minimum absolute atomic E-state index is 0.0257. The lowest BCUT2D eigenvalue weighted by molar-refractivity contribution is -0.133. The number of carbonyl (C=O) groups excluding carboxylic acids is 2. The van der Waals surface area contributed by atoms with Crippen LogP contribution in [-0.2, 0) is 9.59 Å². The van der Waals surface area contributed by atoms with Crippen LogP contribution in [0.2, 0.25) is 5.02 Å². The number of carbonyl (C=O) groups is 2. The Morgan fingerprint density at radius 2 is 2.08 bits per heavy atom. The minimum Gasteiger partial charge on any atom is -0.339 e. The Labute approximate surface area is 150 Å². The molecule has 2 amide bonds. The van der Waals surface area contributed by atoms with E-state index in [1.807, 2.05) is 19.1 Å². The van der Waals surface area contributed by atoms with E-state index in [-0.39, 0.29) is 35.7 Å². The van der Waals surface area contributed by atoms with Gasteiger partial charge >= 0.3 is 0 Å². The Balaban J connectivity index is 1.86. The van der Waals surface area contributed by atoms with Crippen LogP contribution >= 0.6 is 11.6 Å². The maximum absolute atomic E-state index is 13.1. The summed E-state index contributed by atoms with van der Waals surface area (Å²) < 4.78 is 13.1. The molecule has 0 fully saturated rings. The lowest BCUT2D eigenvalue weighted by Gasteiger charge is -2.25. The molecule has 1 aromatic carbocycles. The van der Waals surface area contributed by atoms with Crippen LogP contribution in [0, 0.1) is 5.82 Å². The van der Waals surface area contributed by atoms with Gasteiger partial charge in [0, 0.05) is 38.0 Å². The van der Waals surface area contributed by atoms with Crippen LogP contribution in [0.1, 0.15) is 31.4 Å². The van der Waals surface area contributed by atoms with Crippen LogP contribution in [0.3, 0.4) is 0 Å². The lowest BCUT2D eigenvalue weighted by Crippen LogP contribution is -2.30. The Morgan fingerprint density at radius 1 is 1.32 bits per heavy atom. The van der Waals surface area contributed by atoms with Crippen molar-refractivity contribution in [1.29, 1.82) is 0 Å². The van der Waals surface area contributed by atoms with Crippen LogP contribution in [-0.4, -0.2) is 28.7 Å². The standard InChI is InChI=1S/C18H19ClFN3O2/c1-12(13-4-3-9-21-11-13)23(2)18(25)8-7-17(24)22-14-5-6-16(20)15(19)10-14/h3-6,9-12H,7-8H2,1-2H3,(H,22,24). The highest BCUT2D eigenvalue weighted by molar-refractivity contribution is 6.31. The normalized spacial score (nSPS) is 11.7. The second-order valence-electron chi connectivity index (χ2n) is 5.64. The fourth-order valence-electron chi connectivity index (χ4n) is 2.26. The summed E-state index contributed by atoms with van der Waals surface area (Å²) in [6, 6.07) is 7.48. The fraction of sp³-hybridized carbons (Fsp3) is 0.278. The monoisotopic (exact) mass is 363 g/mol. The van der Waals surface area contributed by atoms with Crippen molar-refractivity contribution in [3.8, 4) is 0 Å².